The van der Waals surface area contributed by atoms with Crippen LogP contribution in [-0.2, 0) is 41.4 Å². The largest absolute Gasteiger partial charge is 0.459 e. The molecule has 2 aromatic rings. The molecule has 1 saturated heterocycles. The minimum atomic E-state index is -0.525. The third kappa shape index (κ3) is 3.59. The summed E-state index contributed by atoms with van der Waals surface area (Å²) in [5.41, 5.74) is -0.109. The van der Waals surface area contributed by atoms with Crippen molar-refractivity contribution in [2.45, 2.75) is 25.9 Å². The van der Waals surface area contributed by atoms with E-state index in [4.69, 9.17) is 4.74 Å². The Bertz CT molecular complexity index is 974. The predicted molar refractivity (Wildman–Crippen MR) is 94.1 cm³/mol. The van der Waals surface area contributed by atoms with Gasteiger partial charge < -0.3 is 4.74 Å². The molecule has 0 radical (unpaired) electrons. The van der Waals surface area contributed by atoms with Crippen molar-refractivity contribution in [2.24, 2.45) is 14.1 Å². The molecule has 0 N–H and O–H groups in total. The van der Waals surface area contributed by atoms with Gasteiger partial charge in [0, 0.05) is 38.5 Å². The predicted octanol–water partition coefficient (Wildman–Crippen LogP) is -0.0468. The summed E-state index contributed by atoms with van der Waals surface area (Å²) in [6.07, 6.45) is 1.29. The summed E-state index contributed by atoms with van der Waals surface area (Å²) < 4.78 is 7.39. The highest BCUT2D eigenvalue weighted by molar-refractivity contribution is 7.14. The van der Waals surface area contributed by atoms with Crippen LogP contribution < -0.4 is 16.1 Å². The molecule has 0 saturated carbocycles. The lowest BCUT2D eigenvalue weighted by molar-refractivity contribution is -0.144. The molecule has 1 aliphatic heterocycles. The summed E-state index contributed by atoms with van der Waals surface area (Å²) in [6, 6.07) is 1.26. The van der Waals surface area contributed by atoms with E-state index in [1.807, 2.05) is 0 Å². The summed E-state index contributed by atoms with van der Waals surface area (Å²) in [5, 5.41) is 2.31. The quantitative estimate of drug-likeness (QED) is 0.676. The fourth-order valence-corrected chi connectivity index (χ4v) is 3.49. The molecule has 0 unspecified atom stereocenters. The van der Waals surface area contributed by atoms with Crippen LogP contribution in [0, 0.1) is 0 Å². The molecule has 0 spiro atoms. The lowest BCUT2D eigenvalue weighted by Gasteiger charge is -2.10. The molecule has 9 nitrogen and oxygen atoms in total. The Morgan fingerprint density at radius 1 is 1.27 bits per heavy atom. The van der Waals surface area contributed by atoms with Gasteiger partial charge in [-0.2, -0.15) is 0 Å². The zero-order chi connectivity index (χ0) is 18.8. The van der Waals surface area contributed by atoms with Gasteiger partial charge in [-0.3, -0.25) is 28.4 Å². The van der Waals surface area contributed by atoms with Crippen molar-refractivity contribution in [3.05, 3.63) is 43.7 Å². The van der Waals surface area contributed by atoms with E-state index >= 15 is 0 Å². The molecule has 2 aromatic heterocycles. The van der Waals surface area contributed by atoms with Crippen LogP contribution in [0.5, 0.6) is 0 Å². The molecule has 3 rings (SSSR count). The first-order chi connectivity index (χ1) is 12.4. The first-order valence-electron chi connectivity index (χ1n) is 8.03. The van der Waals surface area contributed by atoms with E-state index in [2.05, 4.69) is 4.98 Å². The van der Waals surface area contributed by atoms with Crippen molar-refractivity contribution >= 4 is 28.3 Å². The topological polar surface area (TPSA) is 104 Å². The molecular formula is C16H18N4O5S. The Morgan fingerprint density at radius 3 is 2.73 bits per heavy atom. The molecule has 3 heterocycles. The second-order valence-electron chi connectivity index (χ2n) is 5.98. The molecule has 1 fully saturated rings. The van der Waals surface area contributed by atoms with Crippen LogP contribution in [0.2, 0.25) is 0 Å². The van der Waals surface area contributed by atoms with Gasteiger partial charge in [0.05, 0.1) is 17.8 Å². The summed E-state index contributed by atoms with van der Waals surface area (Å²) >= 11 is 1.31. The average Bonchev–Trinajstić information content (AvgIpc) is 3.23. The van der Waals surface area contributed by atoms with Crippen molar-refractivity contribution in [1.82, 2.24) is 14.1 Å². The second kappa shape index (κ2) is 7.24. The number of amides is 1. The maximum absolute atomic E-state index is 12.0. The van der Waals surface area contributed by atoms with Crippen LogP contribution in [0.3, 0.4) is 0 Å². The maximum Gasteiger partial charge on any atom is 0.330 e. The fourth-order valence-electron chi connectivity index (χ4n) is 2.62. The third-order valence-electron chi connectivity index (χ3n) is 4.18. The van der Waals surface area contributed by atoms with Gasteiger partial charge in [0.25, 0.3) is 5.56 Å². The van der Waals surface area contributed by atoms with Crippen LogP contribution >= 0.6 is 11.3 Å². The molecule has 0 aliphatic carbocycles. The summed E-state index contributed by atoms with van der Waals surface area (Å²) in [4.78, 5) is 53.2. The first kappa shape index (κ1) is 18.1. The van der Waals surface area contributed by atoms with Gasteiger partial charge in [0.1, 0.15) is 6.61 Å². The number of esters is 1. The average molecular weight is 378 g/mol. The molecule has 138 valence electrons. The number of ether oxygens (including phenoxy) is 1. The van der Waals surface area contributed by atoms with Gasteiger partial charge in [-0.25, -0.2) is 9.78 Å². The molecular weight excluding hydrogens is 360 g/mol. The van der Waals surface area contributed by atoms with E-state index in [0.29, 0.717) is 29.5 Å². The fraction of sp³-hybridized carbons (Fsp3) is 0.438. The van der Waals surface area contributed by atoms with Crippen molar-refractivity contribution in [2.75, 3.05) is 11.4 Å². The van der Waals surface area contributed by atoms with Crippen molar-refractivity contribution in [1.29, 1.82) is 0 Å². The Balaban J connectivity index is 1.62. The number of carbonyl (C=O) groups excluding carboxylic acids is 2. The minimum Gasteiger partial charge on any atom is -0.459 e. The number of thiazole rings is 1. The molecule has 1 amide bonds. The Hall–Kier alpha value is -2.75. The minimum absolute atomic E-state index is 0.0417. The van der Waals surface area contributed by atoms with Gasteiger partial charge in [0.15, 0.2) is 5.13 Å². The van der Waals surface area contributed by atoms with Gasteiger partial charge >= 0.3 is 11.7 Å². The second-order valence-corrected chi connectivity index (χ2v) is 6.82. The number of rotatable bonds is 5. The van der Waals surface area contributed by atoms with E-state index in [1.165, 1.54) is 36.1 Å². The summed E-state index contributed by atoms with van der Waals surface area (Å²) in [6.45, 7) is 0.468. The van der Waals surface area contributed by atoms with E-state index in [0.717, 1.165) is 11.0 Å². The molecule has 26 heavy (non-hydrogen) atoms. The smallest absolute Gasteiger partial charge is 0.330 e. The van der Waals surface area contributed by atoms with Gasteiger partial charge in [-0.05, 0) is 6.42 Å². The van der Waals surface area contributed by atoms with Crippen molar-refractivity contribution in [3.63, 3.8) is 0 Å². The highest BCUT2D eigenvalue weighted by atomic mass is 32.1. The number of aromatic nitrogens is 3. The first-order valence-corrected chi connectivity index (χ1v) is 8.91. The highest BCUT2D eigenvalue weighted by Crippen LogP contribution is 2.25. The zero-order valence-electron chi connectivity index (χ0n) is 14.4. The number of hydrogen-bond donors (Lipinski definition) is 0. The van der Waals surface area contributed by atoms with E-state index in [9.17, 15) is 19.2 Å². The third-order valence-corrected chi connectivity index (χ3v) is 5.09. The van der Waals surface area contributed by atoms with Crippen molar-refractivity contribution < 1.29 is 14.3 Å². The standard InChI is InChI=1S/C16H18N4O5S/c1-18-11(7-13(22)19(2)16(18)24)8-25-14(23)6-10-9-26-15(17-10)20-5-3-4-12(20)21/h7,9H,3-6,8H2,1-2H3. The van der Waals surface area contributed by atoms with Crippen LogP contribution in [0.1, 0.15) is 24.2 Å². The number of hydrogen-bond acceptors (Lipinski definition) is 7. The normalized spacial score (nSPS) is 14.1. The maximum atomic E-state index is 12.0. The number of nitrogens with zero attached hydrogens (tertiary/aromatic N) is 4. The van der Waals surface area contributed by atoms with Crippen LogP contribution in [0.4, 0.5) is 5.13 Å². The van der Waals surface area contributed by atoms with Gasteiger partial charge in [-0.1, -0.05) is 0 Å². The summed E-state index contributed by atoms with van der Waals surface area (Å²) in [5.74, 6) is -0.484. The molecule has 0 bridgehead atoms. The monoisotopic (exact) mass is 378 g/mol. The van der Waals surface area contributed by atoms with Crippen molar-refractivity contribution in [3.8, 4) is 0 Å². The van der Waals surface area contributed by atoms with Gasteiger partial charge in [-0.15, -0.1) is 11.3 Å². The van der Waals surface area contributed by atoms with E-state index in [1.54, 1.807) is 10.3 Å². The number of anilines is 1. The lowest BCUT2D eigenvalue weighted by Crippen LogP contribution is -2.38. The van der Waals surface area contributed by atoms with Crippen LogP contribution in [-0.4, -0.2) is 32.5 Å². The van der Waals surface area contributed by atoms with Crippen LogP contribution in [0.25, 0.3) is 0 Å². The highest BCUT2D eigenvalue weighted by Gasteiger charge is 2.24. The number of carbonyl (C=O) groups is 2. The molecule has 0 atom stereocenters. The Morgan fingerprint density at radius 2 is 2.04 bits per heavy atom. The van der Waals surface area contributed by atoms with E-state index < -0.39 is 17.2 Å². The molecule has 10 heteroatoms. The molecule has 0 aromatic carbocycles. The van der Waals surface area contributed by atoms with E-state index in [-0.39, 0.29) is 18.9 Å². The summed E-state index contributed by atoms with van der Waals surface area (Å²) in [7, 11) is 2.89. The van der Waals surface area contributed by atoms with Crippen LogP contribution in [0.15, 0.2) is 21.0 Å². The van der Waals surface area contributed by atoms with Gasteiger partial charge in [0.2, 0.25) is 5.91 Å². The SMILES string of the molecule is Cn1c(COC(=O)Cc2csc(N3CCCC3=O)n2)cc(=O)n(C)c1=O. The zero-order valence-corrected chi connectivity index (χ0v) is 15.2. The molecule has 1 aliphatic rings. The lowest BCUT2D eigenvalue weighted by atomic mass is 10.3. The Kier molecular flexibility index (Phi) is 5.03. The Labute approximate surface area is 152 Å².